The Morgan fingerprint density at radius 2 is 1.83 bits per heavy atom. The Morgan fingerprint density at radius 1 is 1.11 bits per heavy atom. The standard InChI is InChI=1S/C14H14BrFN2/c15-13-9-12(17)5-6-14(13)18-8-7-10-1-3-11(16)4-2-10/h1-6,9,18H,7-8,17H2. The summed E-state index contributed by atoms with van der Waals surface area (Å²) in [7, 11) is 0. The van der Waals surface area contributed by atoms with Crippen molar-refractivity contribution in [2.75, 3.05) is 17.6 Å². The van der Waals surface area contributed by atoms with Gasteiger partial charge in [-0.1, -0.05) is 12.1 Å². The Kier molecular flexibility index (Phi) is 4.20. The van der Waals surface area contributed by atoms with E-state index < -0.39 is 0 Å². The molecule has 2 aromatic carbocycles. The van der Waals surface area contributed by atoms with Gasteiger partial charge < -0.3 is 11.1 Å². The largest absolute Gasteiger partial charge is 0.399 e. The Labute approximate surface area is 114 Å². The van der Waals surface area contributed by atoms with Gasteiger partial charge in [0.05, 0.1) is 0 Å². The molecule has 2 nitrogen and oxygen atoms in total. The SMILES string of the molecule is Nc1ccc(NCCc2ccc(F)cc2)c(Br)c1. The molecule has 0 saturated carbocycles. The molecule has 0 aliphatic heterocycles. The van der Waals surface area contributed by atoms with Crippen molar-refractivity contribution >= 4 is 27.3 Å². The number of rotatable bonds is 4. The van der Waals surface area contributed by atoms with Crippen LogP contribution in [0.5, 0.6) is 0 Å². The Hall–Kier alpha value is -1.55. The molecule has 0 aliphatic carbocycles. The highest BCUT2D eigenvalue weighted by atomic mass is 79.9. The number of hydrogen-bond donors (Lipinski definition) is 2. The van der Waals surface area contributed by atoms with Gasteiger partial charge in [0.15, 0.2) is 0 Å². The van der Waals surface area contributed by atoms with Gasteiger partial charge in [-0.2, -0.15) is 0 Å². The summed E-state index contributed by atoms with van der Waals surface area (Å²) in [5, 5.41) is 3.31. The first kappa shape index (κ1) is 12.9. The third kappa shape index (κ3) is 3.47. The van der Waals surface area contributed by atoms with E-state index in [1.54, 1.807) is 12.1 Å². The van der Waals surface area contributed by atoms with Crippen molar-refractivity contribution in [2.24, 2.45) is 0 Å². The second-order valence-corrected chi connectivity index (χ2v) is 4.90. The lowest BCUT2D eigenvalue weighted by molar-refractivity contribution is 0.627. The van der Waals surface area contributed by atoms with E-state index in [2.05, 4.69) is 21.2 Å². The average molecular weight is 309 g/mol. The van der Waals surface area contributed by atoms with Crippen LogP contribution in [0.3, 0.4) is 0 Å². The van der Waals surface area contributed by atoms with Crippen molar-refractivity contribution < 1.29 is 4.39 Å². The Morgan fingerprint density at radius 3 is 2.50 bits per heavy atom. The molecule has 0 aromatic heterocycles. The quantitative estimate of drug-likeness (QED) is 0.843. The van der Waals surface area contributed by atoms with Crippen LogP contribution in [-0.4, -0.2) is 6.54 Å². The minimum absolute atomic E-state index is 0.201. The Balaban J connectivity index is 1.90. The van der Waals surface area contributed by atoms with Crippen molar-refractivity contribution in [3.8, 4) is 0 Å². The predicted octanol–water partition coefficient (Wildman–Crippen LogP) is 3.83. The summed E-state index contributed by atoms with van der Waals surface area (Å²) in [6, 6.07) is 12.2. The predicted molar refractivity (Wildman–Crippen MR) is 77.1 cm³/mol. The molecule has 0 atom stereocenters. The molecular weight excluding hydrogens is 295 g/mol. The van der Waals surface area contributed by atoms with Crippen LogP contribution in [0.4, 0.5) is 15.8 Å². The van der Waals surface area contributed by atoms with Crippen LogP contribution in [0.25, 0.3) is 0 Å². The molecule has 0 aliphatic rings. The highest BCUT2D eigenvalue weighted by Gasteiger charge is 2.00. The van der Waals surface area contributed by atoms with Gasteiger partial charge in [-0.15, -0.1) is 0 Å². The van der Waals surface area contributed by atoms with Crippen LogP contribution in [0, 0.1) is 5.82 Å². The summed E-state index contributed by atoms with van der Waals surface area (Å²) < 4.78 is 13.7. The van der Waals surface area contributed by atoms with E-state index in [1.807, 2.05) is 18.2 Å². The summed E-state index contributed by atoms with van der Waals surface area (Å²) in [6.45, 7) is 0.786. The van der Waals surface area contributed by atoms with Crippen molar-refractivity contribution in [2.45, 2.75) is 6.42 Å². The van der Waals surface area contributed by atoms with Gasteiger partial charge in [-0.3, -0.25) is 0 Å². The maximum Gasteiger partial charge on any atom is 0.123 e. The Bertz CT molecular complexity index is 526. The van der Waals surface area contributed by atoms with Crippen molar-refractivity contribution in [3.63, 3.8) is 0 Å². The number of anilines is 2. The molecule has 0 unspecified atom stereocenters. The highest BCUT2D eigenvalue weighted by molar-refractivity contribution is 9.10. The second-order valence-electron chi connectivity index (χ2n) is 4.04. The van der Waals surface area contributed by atoms with Crippen LogP contribution in [0.15, 0.2) is 46.9 Å². The van der Waals surface area contributed by atoms with Crippen molar-refractivity contribution in [1.29, 1.82) is 0 Å². The zero-order valence-corrected chi connectivity index (χ0v) is 11.4. The molecule has 0 heterocycles. The number of nitrogens with one attached hydrogen (secondary N) is 1. The van der Waals surface area contributed by atoms with E-state index in [0.29, 0.717) is 0 Å². The first-order valence-electron chi connectivity index (χ1n) is 5.68. The lowest BCUT2D eigenvalue weighted by Crippen LogP contribution is -2.05. The first-order chi connectivity index (χ1) is 8.65. The van der Waals surface area contributed by atoms with E-state index in [1.165, 1.54) is 12.1 Å². The zero-order chi connectivity index (χ0) is 13.0. The van der Waals surface area contributed by atoms with E-state index in [-0.39, 0.29) is 5.82 Å². The molecule has 94 valence electrons. The number of halogens is 2. The molecule has 0 radical (unpaired) electrons. The van der Waals surface area contributed by atoms with Gasteiger partial charge in [0.2, 0.25) is 0 Å². The first-order valence-corrected chi connectivity index (χ1v) is 6.48. The van der Waals surface area contributed by atoms with Crippen molar-refractivity contribution in [1.82, 2.24) is 0 Å². The molecule has 18 heavy (non-hydrogen) atoms. The van der Waals surface area contributed by atoms with E-state index in [0.717, 1.165) is 34.4 Å². The van der Waals surface area contributed by atoms with Crippen LogP contribution in [-0.2, 0) is 6.42 Å². The van der Waals surface area contributed by atoms with Crippen LogP contribution in [0.1, 0.15) is 5.56 Å². The monoisotopic (exact) mass is 308 g/mol. The number of nitrogen functional groups attached to an aromatic ring is 1. The van der Waals surface area contributed by atoms with Crippen LogP contribution in [0.2, 0.25) is 0 Å². The minimum atomic E-state index is -0.201. The molecule has 2 rings (SSSR count). The van der Waals surface area contributed by atoms with Crippen molar-refractivity contribution in [3.05, 3.63) is 58.3 Å². The zero-order valence-electron chi connectivity index (χ0n) is 9.79. The van der Waals surface area contributed by atoms with Crippen LogP contribution < -0.4 is 11.1 Å². The average Bonchev–Trinajstić information content (AvgIpc) is 2.34. The summed E-state index contributed by atoms with van der Waals surface area (Å²) in [6.07, 6.45) is 0.844. The molecule has 0 fully saturated rings. The molecular formula is C14H14BrFN2. The molecule has 0 bridgehead atoms. The highest BCUT2D eigenvalue weighted by Crippen LogP contribution is 2.24. The fraction of sp³-hybridized carbons (Fsp3) is 0.143. The minimum Gasteiger partial charge on any atom is -0.399 e. The van der Waals surface area contributed by atoms with Gasteiger partial charge in [-0.05, 0) is 58.2 Å². The molecule has 4 heteroatoms. The summed E-state index contributed by atoms with van der Waals surface area (Å²) >= 11 is 3.45. The fourth-order valence-corrected chi connectivity index (χ4v) is 2.20. The molecule has 0 spiro atoms. The van der Waals surface area contributed by atoms with Crippen LogP contribution >= 0.6 is 15.9 Å². The summed E-state index contributed by atoms with van der Waals surface area (Å²) in [5.41, 5.74) is 8.51. The molecule has 0 saturated heterocycles. The number of nitrogens with two attached hydrogens (primary N) is 1. The third-order valence-electron chi connectivity index (χ3n) is 2.64. The smallest absolute Gasteiger partial charge is 0.123 e. The maximum absolute atomic E-state index is 12.7. The van der Waals surface area contributed by atoms with Gasteiger partial charge in [0, 0.05) is 22.4 Å². The second kappa shape index (κ2) is 5.87. The summed E-state index contributed by atoms with van der Waals surface area (Å²) in [5.74, 6) is -0.201. The lowest BCUT2D eigenvalue weighted by Gasteiger charge is -2.09. The van der Waals surface area contributed by atoms with E-state index >= 15 is 0 Å². The van der Waals surface area contributed by atoms with Gasteiger partial charge in [0.25, 0.3) is 0 Å². The molecule has 2 aromatic rings. The van der Waals surface area contributed by atoms with Gasteiger partial charge in [0.1, 0.15) is 5.82 Å². The van der Waals surface area contributed by atoms with Gasteiger partial charge >= 0.3 is 0 Å². The normalized spacial score (nSPS) is 10.3. The maximum atomic E-state index is 12.7. The molecule has 3 N–H and O–H groups in total. The van der Waals surface area contributed by atoms with E-state index in [9.17, 15) is 4.39 Å². The topological polar surface area (TPSA) is 38.0 Å². The lowest BCUT2D eigenvalue weighted by atomic mass is 10.1. The third-order valence-corrected chi connectivity index (χ3v) is 3.29. The fourth-order valence-electron chi connectivity index (χ4n) is 1.67. The molecule has 0 amide bonds. The van der Waals surface area contributed by atoms with E-state index in [4.69, 9.17) is 5.73 Å². The number of benzene rings is 2. The number of hydrogen-bond acceptors (Lipinski definition) is 2. The summed E-state index contributed by atoms with van der Waals surface area (Å²) in [4.78, 5) is 0. The van der Waals surface area contributed by atoms with Gasteiger partial charge in [-0.25, -0.2) is 4.39 Å².